The van der Waals surface area contributed by atoms with Gasteiger partial charge >= 0.3 is 0 Å². The molecule has 1 amide bonds. The second-order valence-corrected chi connectivity index (χ2v) is 8.42. The predicted molar refractivity (Wildman–Crippen MR) is 109 cm³/mol. The van der Waals surface area contributed by atoms with Crippen molar-refractivity contribution in [3.8, 4) is 5.75 Å². The van der Waals surface area contributed by atoms with Crippen LogP contribution in [0.15, 0.2) is 36.9 Å². The van der Waals surface area contributed by atoms with Gasteiger partial charge in [-0.15, -0.1) is 6.58 Å². The van der Waals surface area contributed by atoms with Gasteiger partial charge in [0.1, 0.15) is 11.4 Å². The number of hydrogen-bond donors (Lipinski definition) is 0. The van der Waals surface area contributed by atoms with Crippen LogP contribution in [0.3, 0.4) is 0 Å². The Hall–Kier alpha value is -1.85. The van der Waals surface area contributed by atoms with Crippen molar-refractivity contribution in [1.29, 1.82) is 0 Å². The molecule has 1 atom stereocenters. The third-order valence-electron chi connectivity index (χ3n) is 6.40. The molecule has 2 saturated heterocycles. The lowest BCUT2D eigenvalue weighted by Gasteiger charge is -2.37. The summed E-state index contributed by atoms with van der Waals surface area (Å²) in [5, 5.41) is 0. The lowest BCUT2D eigenvalue weighted by Crippen LogP contribution is -2.50. The van der Waals surface area contributed by atoms with Crippen LogP contribution in [-0.2, 0) is 16.1 Å². The fourth-order valence-corrected chi connectivity index (χ4v) is 4.82. The molecule has 5 heteroatoms. The number of amides is 1. The number of fused-ring (bicyclic) bond motifs is 1. The molecule has 28 heavy (non-hydrogen) atoms. The third-order valence-corrected chi connectivity index (χ3v) is 6.40. The number of benzene rings is 1. The Morgan fingerprint density at radius 3 is 2.86 bits per heavy atom. The average molecular weight is 385 g/mol. The van der Waals surface area contributed by atoms with Crippen LogP contribution in [0.4, 0.5) is 0 Å². The van der Waals surface area contributed by atoms with Crippen molar-refractivity contribution in [2.24, 2.45) is 5.92 Å². The maximum absolute atomic E-state index is 13.4. The molecule has 1 spiro atoms. The Labute approximate surface area is 168 Å². The van der Waals surface area contributed by atoms with E-state index in [0.29, 0.717) is 26.3 Å². The molecule has 3 aliphatic rings. The fourth-order valence-electron chi connectivity index (χ4n) is 4.82. The van der Waals surface area contributed by atoms with Gasteiger partial charge in [0.05, 0.1) is 6.54 Å². The normalized spacial score (nSPS) is 26.8. The number of rotatable bonds is 3. The van der Waals surface area contributed by atoms with Crippen LogP contribution in [-0.4, -0.2) is 60.7 Å². The summed E-state index contributed by atoms with van der Waals surface area (Å²) < 4.78 is 12.2. The van der Waals surface area contributed by atoms with E-state index >= 15 is 0 Å². The molecule has 1 aromatic carbocycles. The van der Waals surface area contributed by atoms with Crippen molar-refractivity contribution in [2.45, 2.75) is 44.2 Å². The average Bonchev–Trinajstić information content (AvgIpc) is 3.02. The van der Waals surface area contributed by atoms with Gasteiger partial charge in [-0.05, 0) is 38.3 Å². The Morgan fingerprint density at radius 2 is 2.04 bits per heavy atom. The summed E-state index contributed by atoms with van der Waals surface area (Å²) in [4.78, 5) is 17.9. The molecule has 0 bridgehead atoms. The van der Waals surface area contributed by atoms with Crippen LogP contribution < -0.4 is 4.74 Å². The summed E-state index contributed by atoms with van der Waals surface area (Å²) in [7, 11) is 0. The number of likely N-dealkylation sites (tertiary alicyclic amines) is 1. The molecule has 0 aromatic heterocycles. The van der Waals surface area contributed by atoms with Gasteiger partial charge in [-0.25, -0.2) is 0 Å². The van der Waals surface area contributed by atoms with Gasteiger partial charge in [0, 0.05) is 50.8 Å². The fraction of sp³-hybridized carbons (Fsp3) is 0.609. The minimum absolute atomic E-state index is 0.0825. The maximum Gasteiger partial charge on any atom is 0.226 e. The van der Waals surface area contributed by atoms with Crippen LogP contribution in [0.25, 0.3) is 0 Å². The van der Waals surface area contributed by atoms with Gasteiger partial charge in [0.2, 0.25) is 5.91 Å². The summed E-state index contributed by atoms with van der Waals surface area (Å²) in [6.07, 6.45) is 6.63. The van der Waals surface area contributed by atoms with Gasteiger partial charge in [0.15, 0.2) is 0 Å². The molecule has 3 aliphatic heterocycles. The van der Waals surface area contributed by atoms with E-state index in [0.717, 1.165) is 63.1 Å². The number of nitrogens with zero attached hydrogens (tertiary/aromatic N) is 2. The van der Waals surface area contributed by atoms with Crippen molar-refractivity contribution in [1.82, 2.24) is 9.80 Å². The highest BCUT2D eigenvalue weighted by atomic mass is 16.5. The van der Waals surface area contributed by atoms with E-state index in [2.05, 4.69) is 28.5 Å². The highest BCUT2D eigenvalue weighted by Gasteiger charge is 2.41. The number of carbonyl (C=O) groups excluding carboxylic acids is 1. The van der Waals surface area contributed by atoms with Gasteiger partial charge in [-0.3, -0.25) is 9.69 Å². The second kappa shape index (κ2) is 8.66. The van der Waals surface area contributed by atoms with Gasteiger partial charge < -0.3 is 14.4 Å². The molecule has 1 unspecified atom stereocenters. The Balaban J connectivity index is 1.59. The predicted octanol–water partition coefficient (Wildman–Crippen LogP) is 3.24. The zero-order chi connectivity index (χ0) is 19.4. The van der Waals surface area contributed by atoms with E-state index in [-0.39, 0.29) is 17.4 Å². The summed E-state index contributed by atoms with van der Waals surface area (Å²) >= 11 is 0. The molecule has 0 N–H and O–H groups in total. The van der Waals surface area contributed by atoms with Crippen LogP contribution in [0.1, 0.15) is 37.7 Å². The minimum atomic E-state index is -0.302. The quantitative estimate of drug-likeness (QED) is 0.751. The number of hydrogen-bond acceptors (Lipinski definition) is 4. The molecular formula is C23H32N2O3. The monoisotopic (exact) mass is 384 g/mol. The van der Waals surface area contributed by atoms with Crippen LogP contribution in [0, 0.1) is 5.92 Å². The molecule has 0 radical (unpaired) electrons. The molecule has 5 nitrogen and oxygen atoms in total. The van der Waals surface area contributed by atoms with E-state index in [1.807, 2.05) is 18.2 Å². The van der Waals surface area contributed by atoms with E-state index in [1.54, 1.807) is 0 Å². The van der Waals surface area contributed by atoms with Crippen LogP contribution >= 0.6 is 0 Å². The zero-order valence-electron chi connectivity index (χ0n) is 16.8. The summed E-state index contributed by atoms with van der Waals surface area (Å²) in [6.45, 7) is 9.55. The van der Waals surface area contributed by atoms with Gasteiger partial charge in [-0.2, -0.15) is 0 Å². The lowest BCUT2D eigenvalue weighted by molar-refractivity contribution is -0.141. The Kier molecular flexibility index (Phi) is 6.02. The molecular weight excluding hydrogens is 352 g/mol. The van der Waals surface area contributed by atoms with Crippen molar-refractivity contribution < 1.29 is 14.3 Å². The summed E-state index contributed by atoms with van der Waals surface area (Å²) in [6, 6.07) is 8.23. The third kappa shape index (κ3) is 4.26. The van der Waals surface area contributed by atoms with E-state index in [9.17, 15) is 4.79 Å². The van der Waals surface area contributed by atoms with Crippen molar-refractivity contribution in [3.63, 3.8) is 0 Å². The SMILES string of the molecule is C=CCN1CCCC2(CC1)CN(C(=O)C1CCOCC1)Cc1ccccc1O2. The van der Waals surface area contributed by atoms with E-state index < -0.39 is 0 Å². The van der Waals surface area contributed by atoms with Crippen LogP contribution in [0.5, 0.6) is 5.75 Å². The standard InChI is InChI=1S/C23H32N2O3/c1-2-12-24-13-5-10-23(11-14-24)18-25(22(26)19-8-15-27-16-9-19)17-20-6-3-4-7-21(20)28-23/h2-4,6-7,19H,1,5,8-18H2. The molecule has 152 valence electrons. The van der Waals surface area contributed by atoms with Crippen molar-refractivity contribution in [3.05, 3.63) is 42.5 Å². The molecule has 2 fully saturated rings. The first kappa shape index (κ1) is 19.5. The maximum atomic E-state index is 13.4. The van der Waals surface area contributed by atoms with Gasteiger partial charge in [0.25, 0.3) is 0 Å². The highest BCUT2D eigenvalue weighted by Crippen LogP contribution is 2.36. The molecule has 0 aliphatic carbocycles. The Bertz CT molecular complexity index is 701. The van der Waals surface area contributed by atoms with Crippen molar-refractivity contribution >= 4 is 5.91 Å². The second-order valence-electron chi connectivity index (χ2n) is 8.42. The van der Waals surface area contributed by atoms with Crippen molar-refractivity contribution in [2.75, 3.05) is 39.4 Å². The molecule has 0 saturated carbocycles. The zero-order valence-corrected chi connectivity index (χ0v) is 16.8. The first-order chi connectivity index (χ1) is 13.7. The number of para-hydroxylation sites is 1. The lowest BCUT2D eigenvalue weighted by atomic mass is 9.92. The smallest absolute Gasteiger partial charge is 0.226 e. The van der Waals surface area contributed by atoms with Gasteiger partial charge in [-0.1, -0.05) is 24.3 Å². The molecule has 1 aromatic rings. The minimum Gasteiger partial charge on any atom is -0.485 e. The highest BCUT2D eigenvalue weighted by molar-refractivity contribution is 5.79. The summed E-state index contributed by atoms with van der Waals surface area (Å²) in [5.41, 5.74) is 0.815. The van der Waals surface area contributed by atoms with E-state index in [4.69, 9.17) is 9.47 Å². The first-order valence-corrected chi connectivity index (χ1v) is 10.7. The molecule has 3 heterocycles. The topological polar surface area (TPSA) is 42.0 Å². The summed E-state index contributed by atoms with van der Waals surface area (Å²) in [5.74, 6) is 1.30. The molecule has 4 rings (SSSR count). The Morgan fingerprint density at radius 1 is 1.21 bits per heavy atom. The number of ether oxygens (including phenoxy) is 2. The number of carbonyl (C=O) groups is 1. The largest absolute Gasteiger partial charge is 0.485 e. The van der Waals surface area contributed by atoms with E-state index in [1.165, 1.54) is 0 Å². The first-order valence-electron chi connectivity index (χ1n) is 10.7. The van der Waals surface area contributed by atoms with Crippen LogP contribution in [0.2, 0.25) is 0 Å².